The first-order valence-corrected chi connectivity index (χ1v) is 7.27. The molecule has 0 spiro atoms. The van der Waals surface area contributed by atoms with Crippen LogP contribution in [0, 0.1) is 17.8 Å². The number of hydrogen-bond donors (Lipinski definition) is 1. The Morgan fingerprint density at radius 3 is 2.21 bits per heavy atom. The predicted octanol–water partition coefficient (Wildman–Crippen LogP) is 1.23. The summed E-state index contributed by atoms with van der Waals surface area (Å²) in [6.45, 7) is 0. The number of aromatic nitrogens is 3. The minimum Gasteiger partial charge on any atom is -0.378 e. The average Bonchev–Trinajstić information content (AvgIpc) is 2.32. The van der Waals surface area contributed by atoms with Gasteiger partial charge < -0.3 is 5.73 Å². The fourth-order valence-electron chi connectivity index (χ4n) is 5.32. The van der Waals surface area contributed by atoms with E-state index in [4.69, 9.17) is 5.73 Å². The standard InChI is InChI=1S/C14H20N4O/c1-18-13(16-12(19)11(15)17-18)14-5-8-2-9(6-14)4-10(3-8)7-14/h8-10H,2-7H2,1H3,(H2,15,17). The Morgan fingerprint density at radius 1 is 1.16 bits per heavy atom. The highest BCUT2D eigenvalue weighted by atomic mass is 16.1. The maximum absolute atomic E-state index is 11.8. The van der Waals surface area contributed by atoms with Gasteiger partial charge in [0.2, 0.25) is 5.82 Å². The van der Waals surface area contributed by atoms with E-state index in [0.29, 0.717) is 0 Å². The van der Waals surface area contributed by atoms with Crippen molar-refractivity contribution < 1.29 is 0 Å². The summed E-state index contributed by atoms with van der Waals surface area (Å²) < 4.78 is 1.75. The number of rotatable bonds is 1. The van der Waals surface area contributed by atoms with E-state index in [1.165, 1.54) is 38.5 Å². The van der Waals surface area contributed by atoms with Gasteiger partial charge in [0.15, 0.2) is 0 Å². The third-order valence-corrected chi connectivity index (χ3v) is 5.50. The lowest BCUT2D eigenvalue weighted by atomic mass is 9.49. The second-order valence-electron chi connectivity index (χ2n) is 6.95. The molecule has 5 nitrogen and oxygen atoms in total. The van der Waals surface area contributed by atoms with Gasteiger partial charge in [0.05, 0.1) is 0 Å². The van der Waals surface area contributed by atoms with Crippen molar-refractivity contribution in [1.82, 2.24) is 14.8 Å². The Kier molecular flexibility index (Phi) is 2.16. The molecule has 0 aliphatic heterocycles. The monoisotopic (exact) mass is 260 g/mol. The fraction of sp³-hybridized carbons (Fsp3) is 0.786. The van der Waals surface area contributed by atoms with Crippen LogP contribution >= 0.6 is 0 Å². The van der Waals surface area contributed by atoms with E-state index < -0.39 is 0 Å². The number of aryl methyl sites for hydroxylation is 1. The molecule has 4 aliphatic carbocycles. The predicted molar refractivity (Wildman–Crippen MR) is 71.5 cm³/mol. The van der Waals surface area contributed by atoms with Crippen LogP contribution in [0.4, 0.5) is 5.82 Å². The van der Waals surface area contributed by atoms with Gasteiger partial charge in [0.25, 0.3) is 0 Å². The topological polar surface area (TPSA) is 73.8 Å². The molecule has 4 fully saturated rings. The van der Waals surface area contributed by atoms with Crippen molar-refractivity contribution in [2.45, 2.75) is 43.9 Å². The first-order valence-electron chi connectivity index (χ1n) is 7.27. The zero-order valence-electron chi connectivity index (χ0n) is 11.3. The maximum atomic E-state index is 11.8. The van der Waals surface area contributed by atoms with Gasteiger partial charge in [-0.05, 0) is 56.3 Å². The van der Waals surface area contributed by atoms with E-state index in [2.05, 4.69) is 10.1 Å². The van der Waals surface area contributed by atoms with Crippen LogP contribution in [0.2, 0.25) is 0 Å². The van der Waals surface area contributed by atoms with Gasteiger partial charge >= 0.3 is 5.56 Å². The van der Waals surface area contributed by atoms with Gasteiger partial charge in [-0.1, -0.05) is 0 Å². The number of anilines is 1. The summed E-state index contributed by atoms with van der Waals surface area (Å²) in [5, 5.41) is 4.15. The van der Waals surface area contributed by atoms with Gasteiger partial charge in [-0.3, -0.25) is 9.48 Å². The minimum atomic E-state index is -0.358. The molecule has 102 valence electrons. The Bertz CT molecular complexity index is 556. The van der Waals surface area contributed by atoms with Crippen LogP contribution in [0.1, 0.15) is 44.3 Å². The largest absolute Gasteiger partial charge is 0.378 e. The molecule has 2 N–H and O–H groups in total. The summed E-state index contributed by atoms with van der Waals surface area (Å²) >= 11 is 0. The highest BCUT2D eigenvalue weighted by molar-refractivity contribution is 5.24. The van der Waals surface area contributed by atoms with Gasteiger partial charge in [0, 0.05) is 12.5 Å². The molecule has 0 radical (unpaired) electrons. The molecule has 1 aromatic rings. The van der Waals surface area contributed by atoms with E-state index in [1.54, 1.807) is 4.68 Å². The summed E-state index contributed by atoms with van der Waals surface area (Å²) in [5.41, 5.74) is 5.32. The second kappa shape index (κ2) is 3.58. The Hall–Kier alpha value is -1.39. The first-order chi connectivity index (χ1) is 9.06. The molecule has 19 heavy (non-hydrogen) atoms. The molecule has 4 aliphatic rings. The first kappa shape index (κ1) is 11.4. The molecule has 1 aromatic heterocycles. The van der Waals surface area contributed by atoms with Crippen LogP contribution in [0.5, 0.6) is 0 Å². The molecule has 0 atom stereocenters. The van der Waals surface area contributed by atoms with Crippen LogP contribution < -0.4 is 11.3 Å². The molecule has 4 bridgehead atoms. The summed E-state index contributed by atoms with van der Waals surface area (Å²) in [6, 6.07) is 0. The van der Waals surface area contributed by atoms with Gasteiger partial charge in [-0.25, -0.2) is 0 Å². The van der Waals surface area contributed by atoms with Crippen LogP contribution in [-0.4, -0.2) is 14.8 Å². The molecule has 0 saturated heterocycles. The number of nitrogens with zero attached hydrogens (tertiary/aromatic N) is 3. The van der Waals surface area contributed by atoms with Crippen molar-refractivity contribution in [2.75, 3.05) is 5.73 Å². The van der Waals surface area contributed by atoms with E-state index in [0.717, 1.165) is 23.6 Å². The normalized spacial score (nSPS) is 39.7. The lowest BCUT2D eigenvalue weighted by molar-refractivity contribution is -0.0119. The van der Waals surface area contributed by atoms with Gasteiger partial charge in [-0.2, -0.15) is 4.98 Å². The highest BCUT2D eigenvalue weighted by Crippen LogP contribution is 2.60. The van der Waals surface area contributed by atoms with Gasteiger partial charge in [-0.15, -0.1) is 5.10 Å². The van der Waals surface area contributed by atoms with Crippen molar-refractivity contribution in [1.29, 1.82) is 0 Å². The van der Waals surface area contributed by atoms with Gasteiger partial charge in [0.1, 0.15) is 5.82 Å². The van der Waals surface area contributed by atoms with E-state index in [-0.39, 0.29) is 16.8 Å². The minimum absolute atomic E-state index is 0.0102. The van der Waals surface area contributed by atoms with Crippen LogP contribution in [0.3, 0.4) is 0 Å². The molecular weight excluding hydrogens is 240 g/mol. The second-order valence-corrected chi connectivity index (χ2v) is 6.95. The van der Waals surface area contributed by atoms with E-state index in [9.17, 15) is 4.79 Å². The smallest absolute Gasteiger partial charge is 0.315 e. The zero-order valence-corrected chi connectivity index (χ0v) is 11.3. The summed E-state index contributed by atoms with van der Waals surface area (Å²) in [4.78, 5) is 16.1. The SMILES string of the molecule is Cn1nc(N)c(=O)nc1C12CC3CC(CC(C3)C1)C2. The lowest BCUT2D eigenvalue weighted by Gasteiger charge is -2.56. The molecule has 0 unspecified atom stereocenters. The third kappa shape index (κ3) is 1.56. The fourth-order valence-corrected chi connectivity index (χ4v) is 5.32. The van der Waals surface area contributed by atoms with Crippen LogP contribution in [0.15, 0.2) is 4.79 Å². The highest BCUT2D eigenvalue weighted by Gasteiger charge is 2.53. The molecule has 5 rings (SSSR count). The number of nitrogen functional groups attached to an aromatic ring is 1. The van der Waals surface area contributed by atoms with Crippen molar-refractivity contribution >= 4 is 5.82 Å². The average molecular weight is 260 g/mol. The summed E-state index contributed by atoms with van der Waals surface area (Å²) in [7, 11) is 1.87. The van der Waals surface area contributed by atoms with Crippen molar-refractivity contribution in [3.8, 4) is 0 Å². The molecular formula is C14H20N4O. The Morgan fingerprint density at radius 2 is 1.68 bits per heavy atom. The van der Waals surface area contributed by atoms with Crippen LogP contribution in [0.25, 0.3) is 0 Å². The molecule has 0 aromatic carbocycles. The molecule has 5 heteroatoms. The van der Waals surface area contributed by atoms with Crippen molar-refractivity contribution in [3.05, 3.63) is 16.2 Å². The van der Waals surface area contributed by atoms with Crippen molar-refractivity contribution in [2.24, 2.45) is 24.8 Å². The third-order valence-electron chi connectivity index (χ3n) is 5.50. The van der Waals surface area contributed by atoms with E-state index in [1.807, 2.05) is 7.05 Å². The maximum Gasteiger partial charge on any atom is 0.315 e. The Balaban J connectivity index is 1.84. The molecule has 4 saturated carbocycles. The zero-order chi connectivity index (χ0) is 13.2. The molecule has 0 amide bonds. The quantitative estimate of drug-likeness (QED) is 0.824. The lowest BCUT2D eigenvalue weighted by Crippen LogP contribution is -2.50. The number of hydrogen-bond acceptors (Lipinski definition) is 4. The molecule has 1 heterocycles. The number of nitrogens with two attached hydrogens (primary N) is 1. The Labute approximate surface area is 112 Å². The van der Waals surface area contributed by atoms with Crippen molar-refractivity contribution in [3.63, 3.8) is 0 Å². The van der Waals surface area contributed by atoms with Crippen LogP contribution in [-0.2, 0) is 12.5 Å². The summed E-state index contributed by atoms with van der Waals surface area (Å²) in [5.74, 6) is 3.39. The summed E-state index contributed by atoms with van der Waals surface area (Å²) in [6.07, 6.45) is 7.71. The van der Waals surface area contributed by atoms with E-state index >= 15 is 0 Å².